The summed E-state index contributed by atoms with van der Waals surface area (Å²) < 4.78 is 124. The SMILES string of the molecule is O=C(C[C@@H]1CCc2cc(C(O)(C(F)(F)F)C(F)(F)F)ccc2N1S(=O)(=O)c1ccc(F)cc1)N[C@H]1CCCC[C@H]1c1cccnc1. The number of nitrogens with zero attached hydrogens (tertiary/aromatic N) is 2. The van der Waals surface area contributed by atoms with E-state index in [9.17, 15) is 49.1 Å². The minimum atomic E-state index is -6.14. The molecule has 0 spiro atoms. The molecular weight excluding hydrogens is 643 g/mol. The number of benzene rings is 2. The summed E-state index contributed by atoms with van der Waals surface area (Å²) in [4.78, 5) is 17.2. The number of aromatic nitrogens is 1. The number of carbonyl (C=O) groups excluding carboxylic acids is 1. The molecule has 1 aliphatic heterocycles. The van der Waals surface area contributed by atoms with Crippen LogP contribution in [0.5, 0.6) is 0 Å². The van der Waals surface area contributed by atoms with Gasteiger partial charge >= 0.3 is 12.4 Å². The number of nitrogens with one attached hydrogen (secondary N) is 1. The van der Waals surface area contributed by atoms with E-state index in [2.05, 4.69) is 10.3 Å². The highest BCUT2D eigenvalue weighted by molar-refractivity contribution is 7.92. The maximum atomic E-state index is 13.9. The van der Waals surface area contributed by atoms with Crippen LogP contribution in [0.2, 0.25) is 0 Å². The van der Waals surface area contributed by atoms with Crippen LogP contribution in [0.4, 0.5) is 36.4 Å². The van der Waals surface area contributed by atoms with Crippen molar-refractivity contribution in [1.82, 2.24) is 10.3 Å². The first-order valence-electron chi connectivity index (χ1n) is 14.5. The van der Waals surface area contributed by atoms with Crippen LogP contribution < -0.4 is 9.62 Å². The summed E-state index contributed by atoms with van der Waals surface area (Å²) in [6.45, 7) is 0. The van der Waals surface area contributed by atoms with Crippen LogP contribution in [-0.2, 0) is 26.8 Å². The highest BCUT2D eigenvalue weighted by Gasteiger charge is 2.71. The van der Waals surface area contributed by atoms with E-state index < -0.39 is 56.2 Å². The number of carbonyl (C=O) groups is 1. The minimum Gasteiger partial charge on any atom is -0.369 e. The molecule has 0 radical (unpaired) electrons. The Morgan fingerprint density at radius 1 is 0.957 bits per heavy atom. The molecule has 5 rings (SSSR count). The lowest BCUT2D eigenvalue weighted by molar-refractivity contribution is -0.376. The third-order valence-corrected chi connectivity index (χ3v) is 10.5. The molecule has 2 aliphatic rings. The van der Waals surface area contributed by atoms with Crippen molar-refractivity contribution < 1.29 is 49.1 Å². The van der Waals surface area contributed by atoms with Gasteiger partial charge in [-0.1, -0.05) is 31.0 Å². The van der Waals surface area contributed by atoms with Gasteiger partial charge in [-0.15, -0.1) is 0 Å². The van der Waals surface area contributed by atoms with Crippen molar-refractivity contribution in [3.05, 3.63) is 89.5 Å². The highest BCUT2D eigenvalue weighted by atomic mass is 32.2. The topological polar surface area (TPSA) is 99.6 Å². The lowest BCUT2D eigenvalue weighted by Gasteiger charge is -2.39. The molecule has 1 aromatic heterocycles. The smallest absolute Gasteiger partial charge is 0.369 e. The molecule has 15 heteroatoms. The van der Waals surface area contributed by atoms with Crippen molar-refractivity contribution in [3.8, 4) is 0 Å². The summed E-state index contributed by atoms with van der Waals surface area (Å²) in [5.41, 5.74) is -6.27. The summed E-state index contributed by atoms with van der Waals surface area (Å²) in [5, 5.41) is 12.9. The molecule has 1 saturated carbocycles. The molecule has 0 unspecified atom stereocenters. The Bertz CT molecular complexity index is 1650. The third kappa shape index (κ3) is 6.31. The number of rotatable bonds is 7. The average Bonchev–Trinajstić information content (AvgIpc) is 3.00. The molecule has 1 amide bonds. The van der Waals surface area contributed by atoms with Crippen molar-refractivity contribution in [3.63, 3.8) is 0 Å². The van der Waals surface area contributed by atoms with Crippen LogP contribution in [0.15, 0.2) is 71.9 Å². The molecule has 46 heavy (non-hydrogen) atoms. The molecule has 2 N–H and O–H groups in total. The van der Waals surface area contributed by atoms with E-state index in [4.69, 9.17) is 0 Å². The number of aryl methyl sites for hydroxylation is 1. The second-order valence-corrected chi connectivity index (χ2v) is 13.4. The molecule has 7 nitrogen and oxygen atoms in total. The number of sulfonamides is 1. The Hall–Kier alpha value is -3.72. The first kappa shape index (κ1) is 33.6. The average molecular weight is 674 g/mol. The minimum absolute atomic E-state index is 0.0306. The zero-order valence-corrected chi connectivity index (χ0v) is 25.0. The van der Waals surface area contributed by atoms with E-state index in [0.29, 0.717) is 18.6 Å². The Balaban J connectivity index is 1.50. The van der Waals surface area contributed by atoms with E-state index in [1.54, 1.807) is 18.5 Å². The van der Waals surface area contributed by atoms with Gasteiger partial charge in [0.1, 0.15) is 5.82 Å². The molecule has 0 bridgehead atoms. The van der Waals surface area contributed by atoms with Crippen LogP contribution in [-0.4, -0.2) is 48.9 Å². The van der Waals surface area contributed by atoms with E-state index in [1.165, 1.54) is 0 Å². The van der Waals surface area contributed by atoms with Gasteiger partial charge in [0.05, 0.1) is 16.6 Å². The fraction of sp³-hybridized carbons (Fsp3) is 0.419. The molecule has 3 aromatic rings. The van der Waals surface area contributed by atoms with Crippen LogP contribution >= 0.6 is 0 Å². The largest absolute Gasteiger partial charge is 0.430 e. The number of pyridine rings is 1. The fourth-order valence-corrected chi connectivity index (χ4v) is 8.08. The monoisotopic (exact) mass is 673 g/mol. The molecule has 3 atom stereocenters. The van der Waals surface area contributed by atoms with Gasteiger partial charge in [0.25, 0.3) is 15.6 Å². The summed E-state index contributed by atoms with van der Waals surface area (Å²) in [5.74, 6) is -1.27. The summed E-state index contributed by atoms with van der Waals surface area (Å²) >= 11 is 0. The van der Waals surface area contributed by atoms with Crippen molar-refractivity contribution in [1.29, 1.82) is 0 Å². The Morgan fingerprint density at radius 3 is 2.26 bits per heavy atom. The molecule has 248 valence electrons. The van der Waals surface area contributed by atoms with E-state index >= 15 is 0 Å². The van der Waals surface area contributed by atoms with Gasteiger partial charge in [0.15, 0.2) is 0 Å². The highest BCUT2D eigenvalue weighted by Crippen LogP contribution is 2.51. The van der Waals surface area contributed by atoms with Gasteiger partial charge in [-0.2, -0.15) is 26.3 Å². The predicted octanol–water partition coefficient (Wildman–Crippen LogP) is 6.28. The lowest BCUT2D eigenvalue weighted by atomic mass is 9.80. The van der Waals surface area contributed by atoms with Crippen molar-refractivity contribution in [2.45, 2.75) is 85.8 Å². The van der Waals surface area contributed by atoms with Gasteiger partial charge in [0.2, 0.25) is 5.91 Å². The van der Waals surface area contributed by atoms with Gasteiger partial charge in [0, 0.05) is 36.3 Å². The Labute approximate surface area is 260 Å². The van der Waals surface area contributed by atoms with Crippen LogP contribution in [0, 0.1) is 5.82 Å². The van der Waals surface area contributed by atoms with E-state index in [-0.39, 0.29) is 42.5 Å². The predicted molar refractivity (Wildman–Crippen MR) is 153 cm³/mol. The van der Waals surface area contributed by atoms with Gasteiger partial charge in [-0.25, -0.2) is 12.8 Å². The standard InChI is InChI=1S/C31H30F7N3O4S/c32-22-9-12-24(13-10-22)46(44,45)41-23(17-28(42)40-26-6-2-1-5-25(26)20-4-3-15-39-18-20)11-7-19-16-21(8-14-27(19)41)29(43,30(33,34)35)31(36,37)38/h3-4,8-10,12-16,18,23,25-26,43H,1-2,5-7,11,17H2,(H,40,42)/t23-,25-,26-/m0/s1. The fourth-order valence-electron chi connectivity index (χ4n) is 6.36. The number of amides is 1. The molecule has 2 aromatic carbocycles. The van der Waals surface area contributed by atoms with Crippen LogP contribution in [0.25, 0.3) is 0 Å². The zero-order chi connectivity index (χ0) is 33.5. The number of aliphatic hydroxyl groups is 1. The number of hydrogen-bond acceptors (Lipinski definition) is 5. The molecule has 0 saturated heterocycles. The summed E-state index contributed by atoms with van der Waals surface area (Å²) in [6.07, 6.45) is -6.37. The number of fused-ring (bicyclic) bond motifs is 1. The van der Waals surface area contributed by atoms with Crippen molar-refractivity contribution >= 4 is 21.6 Å². The molecule has 2 heterocycles. The third-order valence-electron chi connectivity index (χ3n) is 8.65. The van der Waals surface area contributed by atoms with Crippen LogP contribution in [0.1, 0.15) is 61.1 Å². The number of hydrogen-bond donors (Lipinski definition) is 2. The normalized spacial score (nSPS) is 21.0. The van der Waals surface area contributed by atoms with Gasteiger partial charge < -0.3 is 10.4 Å². The second-order valence-electron chi connectivity index (χ2n) is 11.6. The number of halogens is 7. The maximum Gasteiger partial charge on any atom is 0.430 e. The van der Waals surface area contributed by atoms with Crippen LogP contribution in [0.3, 0.4) is 0 Å². The number of anilines is 1. The summed E-state index contributed by atoms with van der Waals surface area (Å²) in [6, 6.07) is 7.67. The van der Waals surface area contributed by atoms with E-state index in [1.807, 2.05) is 6.07 Å². The van der Waals surface area contributed by atoms with Crippen molar-refractivity contribution in [2.24, 2.45) is 0 Å². The van der Waals surface area contributed by atoms with Gasteiger partial charge in [-0.3, -0.25) is 14.1 Å². The molecule has 1 aliphatic carbocycles. The number of alkyl halides is 6. The first-order chi connectivity index (χ1) is 21.5. The Morgan fingerprint density at radius 2 is 1.63 bits per heavy atom. The molecule has 1 fully saturated rings. The van der Waals surface area contributed by atoms with E-state index in [0.717, 1.165) is 59.5 Å². The maximum absolute atomic E-state index is 13.9. The second kappa shape index (κ2) is 12.5. The molecular formula is C31H30F7N3O4S. The Kier molecular flexibility index (Phi) is 9.12. The zero-order valence-electron chi connectivity index (χ0n) is 24.2. The quantitative estimate of drug-likeness (QED) is 0.288. The summed E-state index contributed by atoms with van der Waals surface area (Å²) in [7, 11) is -4.61. The lowest BCUT2D eigenvalue weighted by Crippen LogP contribution is -2.54. The first-order valence-corrected chi connectivity index (χ1v) is 16.0. The van der Waals surface area contributed by atoms with Crippen molar-refractivity contribution in [2.75, 3.05) is 4.31 Å². The van der Waals surface area contributed by atoms with Gasteiger partial charge in [-0.05, 0) is 73.2 Å².